The molecule has 0 bridgehead atoms. The Kier molecular flexibility index (Phi) is 7.80. The molecule has 3 aromatic carbocycles. The smallest absolute Gasteiger partial charge is 0.349 e. The summed E-state index contributed by atoms with van der Waals surface area (Å²) in [7, 11) is 0. The Balaban J connectivity index is 1.55. The number of nitrogens with zero attached hydrogens (tertiary/aromatic N) is 4. The zero-order chi connectivity index (χ0) is 26.3. The molecule has 0 unspecified atom stereocenters. The van der Waals surface area contributed by atoms with Gasteiger partial charge in [-0.25, -0.2) is 20.6 Å². The molecule has 194 valence electrons. The average molecular weight is 508 g/mol. The van der Waals surface area contributed by atoms with Crippen LogP contribution in [-0.2, 0) is 0 Å². The molecule has 1 heterocycles. The number of urea groups is 1. The third-order valence-electron chi connectivity index (χ3n) is 6.95. The van der Waals surface area contributed by atoms with Gasteiger partial charge in [0.15, 0.2) is 0 Å². The molecule has 0 atom stereocenters. The fourth-order valence-electron chi connectivity index (χ4n) is 5.08. The Morgan fingerprint density at radius 1 is 0.974 bits per heavy atom. The highest BCUT2D eigenvalue weighted by Gasteiger charge is 2.33. The summed E-state index contributed by atoms with van der Waals surface area (Å²) in [6, 6.07) is 25.3. The number of amides is 2. The molecule has 5 rings (SSSR count). The van der Waals surface area contributed by atoms with Crippen LogP contribution in [0.15, 0.2) is 95.0 Å². The lowest BCUT2D eigenvalue weighted by atomic mass is 9.83. The van der Waals surface area contributed by atoms with Gasteiger partial charge in [0.25, 0.3) is 0 Å². The number of benzene rings is 3. The largest absolute Gasteiger partial charge is 0.369 e. The number of aliphatic imine (C=N–C) groups is 1. The summed E-state index contributed by atoms with van der Waals surface area (Å²) in [5, 5.41) is 6.63. The number of hydrogen-bond donors (Lipinski definition) is 3. The van der Waals surface area contributed by atoms with E-state index >= 15 is 0 Å². The predicted molar refractivity (Wildman–Crippen MR) is 154 cm³/mol. The van der Waals surface area contributed by atoms with Gasteiger partial charge in [-0.05, 0) is 48.7 Å². The van der Waals surface area contributed by atoms with Crippen molar-refractivity contribution in [2.45, 2.75) is 32.1 Å². The molecule has 2 aliphatic rings. The van der Waals surface area contributed by atoms with E-state index in [1.807, 2.05) is 84.9 Å². The summed E-state index contributed by atoms with van der Waals surface area (Å²) >= 11 is 0. The van der Waals surface area contributed by atoms with Gasteiger partial charge in [-0.1, -0.05) is 79.9 Å². The van der Waals surface area contributed by atoms with E-state index in [9.17, 15) is 4.79 Å². The van der Waals surface area contributed by atoms with E-state index in [4.69, 9.17) is 16.7 Å². The number of carbonyl (C=O) groups excluding carboxylic acids is 1. The molecule has 2 amide bonds. The number of hydrogen-bond acceptors (Lipinski definition) is 4. The molecule has 0 saturated heterocycles. The van der Waals surface area contributed by atoms with E-state index < -0.39 is 0 Å². The number of hydrazine groups is 1. The van der Waals surface area contributed by atoms with Gasteiger partial charge in [0.05, 0.1) is 29.3 Å². The van der Waals surface area contributed by atoms with Gasteiger partial charge in [0.1, 0.15) is 0 Å². The highest BCUT2D eigenvalue weighted by Crippen LogP contribution is 2.37. The Hall–Kier alpha value is -4.43. The predicted octanol–water partition coefficient (Wildman–Crippen LogP) is 5.67. The van der Waals surface area contributed by atoms with E-state index in [1.165, 1.54) is 19.3 Å². The summed E-state index contributed by atoms with van der Waals surface area (Å²) in [6.45, 7) is 0.357. The molecule has 1 fully saturated rings. The van der Waals surface area contributed by atoms with Crippen LogP contribution in [0.3, 0.4) is 0 Å². The Morgan fingerprint density at radius 2 is 1.68 bits per heavy atom. The zero-order valence-corrected chi connectivity index (χ0v) is 21.3. The lowest BCUT2D eigenvalue weighted by molar-refractivity contribution is 0.215. The first-order valence-electron chi connectivity index (χ1n) is 13.1. The molecule has 0 spiro atoms. The molecule has 3 aromatic rings. The van der Waals surface area contributed by atoms with Crippen LogP contribution in [0, 0.1) is 5.92 Å². The second kappa shape index (κ2) is 11.7. The monoisotopic (exact) mass is 507 g/mol. The van der Waals surface area contributed by atoms with Crippen molar-refractivity contribution in [2.75, 3.05) is 11.4 Å². The fraction of sp³-hybridized carbons (Fsp3) is 0.233. The highest BCUT2D eigenvalue weighted by atomic mass is 16.2. The van der Waals surface area contributed by atoms with Crippen LogP contribution >= 0.6 is 0 Å². The van der Waals surface area contributed by atoms with Crippen molar-refractivity contribution in [3.8, 4) is 0 Å². The number of guanidine groups is 1. The third kappa shape index (κ3) is 5.60. The summed E-state index contributed by atoms with van der Waals surface area (Å²) in [5.74, 6) is 5.77. The van der Waals surface area contributed by atoms with Gasteiger partial charge in [-0.2, -0.15) is 5.10 Å². The van der Waals surface area contributed by atoms with E-state index in [0.717, 1.165) is 41.1 Å². The Morgan fingerprint density at radius 3 is 2.42 bits per heavy atom. The fourth-order valence-corrected chi connectivity index (χ4v) is 5.08. The van der Waals surface area contributed by atoms with Crippen LogP contribution < -0.4 is 21.9 Å². The summed E-state index contributed by atoms with van der Waals surface area (Å²) in [5.41, 5.74) is 13.3. The van der Waals surface area contributed by atoms with Crippen molar-refractivity contribution >= 4 is 40.8 Å². The first-order valence-corrected chi connectivity index (χ1v) is 13.1. The molecular formula is C30H33N7O. The number of anilines is 2. The molecule has 1 saturated carbocycles. The van der Waals surface area contributed by atoms with Crippen LogP contribution in [0.2, 0.25) is 0 Å². The molecule has 5 N–H and O–H groups in total. The van der Waals surface area contributed by atoms with Gasteiger partial charge in [-0.3, -0.25) is 10.3 Å². The maximum atomic E-state index is 14.1. The summed E-state index contributed by atoms with van der Waals surface area (Å²) in [6.07, 6.45) is 9.79. The maximum absolute atomic E-state index is 14.1. The molecule has 0 aromatic heterocycles. The van der Waals surface area contributed by atoms with E-state index in [-0.39, 0.29) is 12.0 Å². The number of hydrazone groups is 1. The quantitative estimate of drug-likeness (QED) is 0.173. The van der Waals surface area contributed by atoms with Crippen LogP contribution in [0.1, 0.15) is 43.2 Å². The first kappa shape index (κ1) is 25.2. The van der Waals surface area contributed by atoms with Crippen molar-refractivity contribution in [2.24, 2.45) is 27.6 Å². The number of para-hydroxylation sites is 1. The lowest BCUT2D eigenvalue weighted by Gasteiger charge is -2.26. The van der Waals surface area contributed by atoms with Gasteiger partial charge in [0.2, 0.25) is 5.96 Å². The number of nitrogens with two attached hydrogens (primary N) is 2. The van der Waals surface area contributed by atoms with Crippen molar-refractivity contribution in [3.05, 3.63) is 96.1 Å². The molecule has 0 radical (unpaired) electrons. The average Bonchev–Trinajstić information content (AvgIpc) is 3.09. The molecule has 1 aliphatic heterocycles. The van der Waals surface area contributed by atoms with Gasteiger partial charge < -0.3 is 5.73 Å². The molecule has 8 heteroatoms. The lowest BCUT2D eigenvalue weighted by Crippen LogP contribution is -2.37. The van der Waals surface area contributed by atoms with E-state index in [1.54, 1.807) is 9.91 Å². The van der Waals surface area contributed by atoms with Crippen LogP contribution in [0.25, 0.3) is 6.08 Å². The standard InChI is InChI=1S/C30H33N7O/c31-29(34-32)33-24-17-19-25(20-18-24)37-27-16-8-7-15-26(27)28(23-13-5-2-6-14-23)35-36(30(37)38)21-9-12-22-10-3-1-4-11-22/h1,3-4,7-12,15-20,23H,2,5-6,13-14,21,32H2,(H3,31,33,34)/b12-9+. The van der Waals surface area contributed by atoms with Gasteiger partial charge in [-0.15, -0.1) is 0 Å². The number of nitrogens with one attached hydrogen (secondary N) is 1. The number of rotatable bonds is 6. The maximum Gasteiger partial charge on any atom is 0.349 e. The molecule has 1 aliphatic carbocycles. The molecular weight excluding hydrogens is 474 g/mol. The van der Waals surface area contributed by atoms with Crippen molar-refractivity contribution in [3.63, 3.8) is 0 Å². The second-order valence-corrected chi connectivity index (χ2v) is 9.51. The summed E-state index contributed by atoms with van der Waals surface area (Å²) in [4.78, 5) is 20.1. The van der Waals surface area contributed by atoms with Crippen LogP contribution in [-0.4, -0.2) is 29.3 Å². The van der Waals surface area contributed by atoms with E-state index in [2.05, 4.69) is 16.5 Å². The Bertz CT molecular complexity index is 1340. The number of carbonyl (C=O) groups is 1. The van der Waals surface area contributed by atoms with E-state index in [0.29, 0.717) is 18.2 Å². The minimum absolute atomic E-state index is 0.107. The van der Waals surface area contributed by atoms with Crippen molar-refractivity contribution in [1.82, 2.24) is 10.4 Å². The van der Waals surface area contributed by atoms with Gasteiger partial charge >= 0.3 is 6.03 Å². The second-order valence-electron chi connectivity index (χ2n) is 9.51. The summed E-state index contributed by atoms with van der Waals surface area (Å²) < 4.78 is 0. The van der Waals surface area contributed by atoms with Gasteiger partial charge in [0, 0.05) is 11.5 Å². The van der Waals surface area contributed by atoms with Crippen LogP contribution in [0.5, 0.6) is 0 Å². The first-order chi connectivity index (χ1) is 18.6. The Labute approximate surface area is 223 Å². The van der Waals surface area contributed by atoms with Crippen LogP contribution in [0.4, 0.5) is 21.9 Å². The minimum Gasteiger partial charge on any atom is -0.369 e. The topological polar surface area (TPSA) is 112 Å². The third-order valence-corrected chi connectivity index (χ3v) is 6.95. The molecule has 38 heavy (non-hydrogen) atoms. The SMILES string of the molecule is NNC(N)=Nc1ccc(N2C(=O)N(C/C=C/c3ccccc3)N=C(C3CCCCC3)c3ccccc32)cc1. The molecule has 8 nitrogen and oxygen atoms in total. The van der Waals surface area contributed by atoms with Crippen molar-refractivity contribution in [1.29, 1.82) is 0 Å². The highest BCUT2D eigenvalue weighted by molar-refractivity contribution is 6.13. The van der Waals surface area contributed by atoms with Crippen molar-refractivity contribution < 1.29 is 4.79 Å². The normalized spacial score (nSPS) is 16.8. The number of fused-ring (bicyclic) bond motifs is 1. The zero-order valence-electron chi connectivity index (χ0n) is 21.3. The minimum atomic E-state index is -0.208.